The number of anilines is 1. The molecule has 1 aliphatic rings. The largest absolute Gasteiger partial charge is 0.399 e. The molecule has 1 unspecified atom stereocenters. The molecule has 6 nitrogen and oxygen atoms in total. The van der Waals surface area contributed by atoms with Crippen LogP contribution in [-0.2, 0) is 4.74 Å². The van der Waals surface area contributed by atoms with Gasteiger partial charge in [0.1, 0.15) is 6.10 Å². The fraction of sp³-hybridized carbons (Fsp3) is 0.500. The maximum Gasteiger partial charge on any atom is 0.320 e. The van der Waals surface area contributed by atoms with E-state index in [2.05, 4.69) is 0 Å². The van der Waals surface area contributed by atoms with E-state index in [9.17, 15) is 18.7 Å². The average molecular weight is 262 g/mol. The van der Waals surface area contributed by atoms with E-state index in [1.807, 2.05) is 0 Å². The van der Waals surface area contributed by atoms with Gasteiger partial charge in [0.15, 0.2) is 6.10 Å². The molecule has 0 aliphatic carbocycles. The topological polar surface area (TPSA) is 97.7 Å². The van der Waals surface area contributed by atoms with Crippen molar-refractivity contribution in [2.75, 3.05) is 12.3 Å². The summed E-state index contributed by atoms with van der Waals surface area (Å²) in [4.78, 5) is 11.5. The van der Waals surface area contributed by atoms with Gasteiger partial charge in [-0.25, -0.2) is 0 Å². The summed E-state index contributed by atoms with van der Waals surface area (Å²) in [5.74, 6) is -3.67. The van der Waals surface area contributed by atoms with Crippen LogP contribution in [0.25, 0.3) is 0 Å². The number of nitrogens with zero attached hydrogens (tertiary/aromatic N) is 1. The number of nitrogens with two attached hydrogens (primary N) is 1. The minimum Gasteiger partial charge on any atom is -0.399 e. The third-order valence-corrected chi connectivity index (χ3v) is 2.78. The smallest absolute Gasteiger partial charge is 0.320 e. The van der Waals surface area contributed by atoms with Crippen LogP contribution >= 0.6 is 0 Å². The van der Waals surface area contributed by atoms with Gasteiger partial charge in [-0.05, 0) is 6.07 Å². The number of rotatable bonds is 2. The number of ether oxygens (including phenoxy) is 1. The van der Waals surface area contributed by atoms with Crippen molar-refractivity contribution in [2.45, 2.75) is 24.4 Å². The second-order valence-electron chi connectivity index (χ2n) is 4.03. The van der Waals surface area contributed by atoms with Crippen molar-refractivity contribution >= 4 is 5.69 Å². The van der Waals surface area contributed by atoms with Gasteiger partial charge in [-0.3, -0.25) is 9.36 Å². The Morgan fingerprint density at radius 1 is 1.56 bits per heavy atom. The third kappa shape index (κ3) is 1.88. The molecule has 1 aromatic heterocycles. The lowest BCUT2D eigenvalue weighted by Crippen LogP contribution is -2.41. The number of hydrogen-bond donors (Lipinski definition) is 3. The Morgan fingerprint density at radius 2 is 2.22 bits per heavy atom. The molecule has 1 aromatic rings. The first-order valence-corrected chi connectivity index (χ1v) is 5.17. The minimum absolute atomic E-state index is 0.136. The van der Waals surface area contributed by atoms with E-state index >= 15 is 0 Å². The van der Waals surface area contributed by atoms with Crippen LogP contribution in [0.2, 0.25) is 0 Å². The van der Waals surface area contributed by atoms with Gasteiger partial charge in [0, 0.05) is 18.0 Å². The van der Waals surface area contributed by atoms with Crippen LogP contribution in [0.1, 0.15) is 6.23 Å². The second-order valence-corrected chi connectivity index (χ2v) is 4.03. The highest BCUT2D eigenvalue weighted by Gasteiger charge is 2.59. The van der Waals surface area contributed by atoms with E-state index in [-0.39, 0.29) is 5.69 Å². The number of aromatic nitrogens is 1. The van der Waals surface area contributed by atoms with E-state index in [1.165, 1.54) is 6.07 Å². The highest BCUT2D eigenvalue weighted by molar-refractivity contribution is 5.34. The van der Waals surface area contributed by atoms with Crippen LogP contribution < -0.4 is 11.3 Å². The van der Waals surface area contributed by atoms with Gasteiger partial charge in [0.2, 0.25) is 6.23 Å². The fourth-order valence-electron chi connectivity index (χ4n) is 1.82. The van der Waals surface area contributed by atoms with Crippen LogP contribution in [0.4, 0.5) is 14.5 Å². The summed E-state index contributed by atoms with van der Waals surface area (Å²) in [6.07, 6.45) is -4.51. The fourth-order valence-corrected chi connectivity index (χ4v) is 1.82. The molecule has 0 saturated carbocycles. The van der Waals surface area contributed by atoms with Gasteiger partial charge < -0.3 is 20.7 Å². The highest BCUT2D eigenvalue weighted by Crippen LogP contribution is 2.41. The highest BCUT2D eigenvalue weighted by atomic mass is 19.3. The average Bonchev–Trinajstić information content (AvgIpc) is 2.52. The lowest BCUT2D eigenvalue weighted by Gasteiger charge is -2.21. The monoisotopic (exact) mass is 262 g/mol. The Balaban J connectivity index is 2.42. The van der Waals surface area contributed by atoms with Crippen molar-refractivity contribution in [1.29, 1.82) is 0 Å². The molecule has 1 aliphatic heterocycles. The second kappa shape index (κ2) is 4.30. The summed E-state index contributed by atoms with van der Waals surface area (Å²) in [5, 5.41) is 18.1. The first-order valence-electron chi connectivity index (χ1n) is 5.17. The number of halogens is 2. The molecule has 1 saturated heterocycles. The van der Waals surface area contributed by atoms with Gasteiger partial charge in [-0.2, -0.15) is 8.78 Å². The predicted octanol–water partition coefficient (Wildman–Crippen LogP) is -0.684. The van der Waals surface area contributed by atoms with E-state index in [0.717, 1.165) is 12.3 Å². The standard InChI is InChI=1S/C10H12F2N2O4/c11-10(12)8(17)6(4-15)18-9(10)14-2-1-5(13)3-7(14)16/h1-3,6,8-9,15,17H,4,13H2/t6-,8+,9?/m1/s1. The molecule has 4 N–H and O–H groups in total. The molecule has 0 radical (unpaired) electrons. The molecule has 0 spiro atoms. The van der Waals surface area contributed by atoms with Gasteiger partial charge in [-0.1, -0.05) is 0 Å². The molecule has 3 atom stereocenters. The summed E-state index contributed by atoms with van der Waals surface area (Å²) in [7, 11) is 0. The quantitative estimate of drug-likeness (QED) is 0.656. The van der Waals surface area contributed by atoms with Gasteiger partial charge in [-0.15, -0.1) is 0 Å². The molecule has 18 heavy (non-hydrogen) atoms. The molecule has 0 amide bonds. The summed E-state index contributed by atoms with van der Waals surface area (Å²) in [6, 6.07) is 2.23. The normalized spacial score (nSPS) is 30.6. The maximum absolute atomic E-state index is 13.7. The predicted molar refractivity (Wildman–Crippen MR) is 57.1 cm³/mol. The summed E-state index contributed by atoms with van der Waals surface area (Å²) < 4.78 is 32.9. The first kappa shape index (κ1) is 12.9. The van der Waals surface area contributed by atoms with Crippen molar-refractivity contribution in [3.05, 3.63) is 28.7 Å². The Kier molecular flexibility index (Phi) is 3.09. The number of nitrogen functional groups attached to an aromatic ring is 1. The molecule has 0 aromatic carbocycles. The number of aliphatic hydroxyl groups excluding tert-OH is 2. The van der Waals surface area contributed by atoms with Crippen molar-refractivity contribution < 1.29 is 23.7 Å². The van der Waals surface area contributed by atoms with Gasteiger partial charge in [0.25, 0.3) is 5.56 Å². The molecule has 2 rings (SSSR count). The molecular formula is C10H12F2N2O4. The van der Waals surface area contributed by atoms with E-state index in [0.29, 0.717) is 4.57 Å². The number of alkyl halides is 2. The zero-order valence-corrected chi connectivity index (χ0v) is 9.16. The van der Waals surface area contributed by atoms with Crippen molar-refractivity contribution in [1.82, 2.24) is 4.57 Å². The maximum atomic E-state index is 13.7. The van der Waals surface area contributed by atoms with Crippen LogP contribution in [0.5, 0.6) is 0 Å². The Labute approximate surface area is 100 Å². The number of pyridine rings is 1. The number of aliphatic hydroxyl groups is 2. The summed E-state index contributed by atoms with van der Waals surface area (Å²) in [5.41, 5.74) is 4.71. The minimum atomic E-state index is -3.67. The Bertz CT molecular complexity index is 505. The third-order valence-electron chi connectivity index (χ3n) is 2.78. The Morgan fingerprint density at radius 3 is 2.72 bits per heavy atom. The van der Waals surface area contributed by atoms with Crippen molar-refractivity contribution in [2.24, 2.45) is 0 Å². The summed E-state index contributed by atoms with van der Waals surface area (Å²) in [6.45, 7) is -0.767. The molecule has 8 heteroatoms. The first-order chi connectivity index (χ1) is 8.37. The van der Waals surface area contributed by atoms with E-state index in [1.54, 1.807) is 0 Å². The van der Waals surface area contributed by atoms with E-state index < -0.39 is 36.5 Å². The van der Waals surface area contributed by atoms with Crippen LogP contribution in [-0.4, -0.2) is 39.5 Å². The zero-order valence-electron chi connectivity index (χ0n) is 9.16. The SMILES string of the molecule is Nc1ccn(C2O[C@H](CO)[C@H](O)C2(F)F)c(=O)c1. The molecule has 100 valence electrons. The summed E-state index contributed by atoms with van der Waals surface area (Å²) >= 11 is 0. The molecular weight excluding hydrogens is 250 g/mol. The molecule has 1 fully saturated rings. The Hall–Kier alpha value is -1.51. The molecule has 2 heterocycles. The van der Waals surface area contributed by atoms with Gasteiger partial charge >= 0.3 is 5.92 Å². The zero-order chi connectivity index (χ0) is 13.5. The lowest BCUT2D eigenvalue weighted by molar-refractivity contribution is -0.140. The van der Waals surface area contributed by atoms with Crippen LogP contribution in [0.15, 0.2) is 23.1 Å². The van der Waals surface area contributed by atoms with Crippen molar-refractivity contribution in [3.63, 3.8) is 0 Å². The lowest BCUT2D eigenvalue weighted by atomic mass is 10.1. The number of hydrogen-bond acceptors (Lipinski definition) is 5. The van der Waals surface area contributed by atoms with E-state index in [4.69, 9.17) is 15.6 Å². The van der Waals surface area contributed by atoms with Gasteiger partial charge in [0.05, 0.1) is 6.61 Å². The van der Waals surface area contributed by atoms with Crippen LogP contribution in [0.3, 0.4) is 0 Å². The van der Waals surface area contributed by atoms with Crippen molar-refractivity contribution in [3.8, 4) is 0 Å². The molecule has 0 bridgehead atoms. The van der Waals surface area contributed by atoms with Crippen LogP contribution in [0, 0.1) is 0 Å².